The first-order valence-electron chi connectivity index (χ1n) is 15.8. The van der Waals surface area contributed by atoms with Crippen LogP contribution in [0.2, 0.25) is 0 Å². The molecule has 1 aromatic heterocycles. The van der Waals surface area contributed by atoms with Crippen molar-refractivity contribution in [3.63, 3.8) is 0 Å². The lowest BCUT2D eigenvalue weighted by molar-refractivity contribution is -0.154. The zero-order valence-corrected chi connectivity index (χ0v) is 27.3. The second-order valence-corrected chi connectivity index (χ2v) is 13.3. The molecule has 0 unspecified atom stereocenters. The Bertz CT molecular complexity index is 2200. The molecule has 1 N–H and O–H groups in total. The molecule has 0 aliphatic carbocycles. The number of hydrogen-bond donors (Lipinski definition) is 1. The van der Waals surface area contributed by atoms with Crippen LogP contribution in [0.3, 0.4) is 0 Å². The number of rotatable bonds is 10. The van der Waals surface area contributed by atoms with Gasteiger partial charge < -0.3 is 19.2 Å². The van der Waals surface area contributed by atoms with Gasteiger partial charge in [-0.3, -0.25) is 18.7 Å². The molecule has 3 atom stereocenters. The normalized spacial score (nSPS) is 18.4. The summed E-state index contributed by atoms with van der Waals surface area (Å²) in [6.07, 6.45) is -0.837. The van der Waals surface area contributed by atoms with Crippen LogP contribution in [0.5, 0.6) is 5.75 Å². The second kappa shape index (κ2) is 13.8. The summed E-state index contributed by atoms with van der Waals surface area (Å²) in [7, 11) is -1.93. The van der Waals surface area contributed by atoms with E-state index in [0.29, 0.717) is 22.3 Å². The lowest BCUT2D eigenvalue weighted by atomic mass is 10.00. The average molecular weight is 687 g/mol. The third-order valence-electron chi connectivity index (χ3n) is 8.49. The largest absolute Gasteiger partial charge is 0.489 e. The fraction of sp³-hybridized carbons (Fsp3) is 0.128. The van der Waals surface area contributed by atoms with Crippen molar-refractivity contribution >= 4 is 39.6 Å². The van der Waals surface area contributed by atoms with E-state index in [2.05, 4.69) is 11.9 Å². The van der Waals surface area contributed by atoms with Crippen LogP contribution in [0, 0.1) is 0 Å². The summed E-state index contributed by atoms with van der Waals surface area (Å²) in [6.45, 7) is 3.73. The number of β-lactam (4-membered cyclic amide) rings is 1. The predicted octanol–water partition coefficient (Wildman–Crippen LogP) is 4.93. The molecule has 4 aromatic carbocycles. The highest BCUT2D eigenvalue weighted by Crippen LogP contribution is 2.41. The summed E-state index contributed by atoms with van der Waals surface area (Å²) < 4.78 is 31.4. The fourth-order valence-corrected chi connectivity index (χ4v) is 7.53. The molecule has 2 amide bonds. The summed E-state index contributed by atoms with van der Waals surface area (Å²) in [5.41, 5.74) is 1.81. The van der Waals surface area contributed by atoms with E-state index in [1.807, 2.05) is 66.7 Å². The van der Waals surface area contributed by atoms with Gasteiger partial charge in [-0.1, -0.05) is 97.6 Å². The standard InChI is InChI=1S/C39H30N2O8S/c1-24-30(23-47-29-19-17-26-18-20-33(43)48-31(26)22-29)35(39(45)49-36(27-13-7-3-8-14-27)28-15-9-4-10-16-28)41-37(44)34(38(41)50(24)46)40-32(42)21-25-11-5-2-6-12-25/h2-20,22,34,36,38H,1,21,23H2,(H,40,42)/t34-,38-,50-/m1/s1. The third-order valence-corrected chi connectivity index (χ3v) is 10.1. The van der Waals surface area contributed by atoms with Crippen LogP contribution in [-0.2, 0) is 36.3 Å². The third kappa shape index (κ3) is 6.38. The first-order chi connectivity index (χ1) is 24.3. The van der Waals surface area contributed by atoms with Gasteiger partial charge in [-0.25, -0.2) is 9.59 Å². The lowest BCUT2D eigenvalue weighted by Gasteiger charge is -2.49. The molecule has 0 saturated carbocycles. The van der Waals surface area contributed by atoms with Gasteiger partial charge in [-0.2, -0.15) is 0 Å². The predicted molar refractivity (Wildman–Crippen MR) is 186 cm³/mol. The number of amides is 2. The number of esters is 1. The number of nitrogens with one attached hydrogen (secondary N) is 1. The topological polar surface area (TPSA) is 132 Å². The first kappa shape index (κ1) is 32.5. The molecule has 0 radical (unpaired) electrons. The highest BCUT2D eigenvalue weighted by atomic mass is 32.2. The van der Waals surface area contributed by atoms with Crippen molar-refractivity contribution in [3.8, 4) is 5.75 Å². The van der Waals surface area contributed by atoms with Gasteiger partial charge >= 0.3 is 11.6 Å². The summed E-state index contributed by atoms with van der Waals surface area (Å²) >= 11 is 0. The number of nitrogens with zero attached hydrogens (tertiary/aromatic N) is 1. The SMILES string of the molecule is C=C1C(COc2ccc3ccc(=O)oc3c2)=C(C(=O)OC(c2ccccc2)c2ccccc2)N2C(=O)[C@@H](NC(=O)Cc3ccccc3)[C@H]2[S@@]1=O. The van der Waals surface area contributed by atoms with Gasteiger partial charge in [0.25, 0.3) is 5.91 Å². The molecular weight excluding hydrogens is 657 g/mol. The van der Waals surface area contributed by atoms with Crippen molar-refractivity contribution in [3.05, 3.63) is 171 Å². The Morgan fingerprint density at radius 2 is 1.48 bits per heavy atom. The summed E-state index contributed by atoms with van der Waals surface area (Å²) in [5, 5.41) is 2.28. The maximum absolute atomic E-state index is 14.3. The molecule has 2 aliphatic rings. The van der Waals surface area contributed by atoms with E-state index in [-0.39, 0.29) is 34.8 Å². The molecule has 0 bridgehead atoms. The summed E-state index contributed by atoms with van der Waals surface area (Å²) in [5.74, 6) is -1.63. The molecule has 2 aliphatic heterocycles. The molecule has 1 saturated heterocycles. The highest BCUT2D eigenvalue weighted by molar-refractivity contribution is 7.90. The quantitative estimate of drug-likeness (QED) is 0.124. The summed E-state index contributed by atoms with van der Waals surface area (Å²) in [4.78, 5) is 54.1. The van der Waals surface area contributed by atoms with Crippen molar-refractivity contribution in [2.75, 3.05) is 6.61 Å². The molecule has 7 rings (SSSR count). The molecule has 10 nitrogen and oxygen atoms in total. The second-order valence-electron chi connectivity index (χ2n) is 11.7. The maximum Gasteiger partial charge on any atom is 0.356 e. The maximum atomic E-state index is 14.3. The van der Waals surface area contributed by atoms with Crippen LogP contribution < -0.4 is 15.7 Å². The number of carbonyl (C=O) groups excluding carboxylic acids is 3. The van der Waals surface area contributed by atoms with Crippen molar-refractivity contribution in [1.29, 1.82) is 0 Å². The van der Waals surface area contributed by atoms with Gasteiger partial charge in [-0.15, -0.1) is 0 Å². The van der Waals surface area contributed by atoms with Crippen molar-refractivity contribution in [2.45, 2.75) is 23.9 Å². The number of carbonyl (C=O) groups is 3. The van der Waals surface area contributed by atoms with Crippen LogP contribution >= 0.6 is 0 Å². The molecule has 0 spiro atoms. The number of fused-ring (bicyclic) bond motifs is 2. The van der Waals surface area contributed by atoms with Gasteiger partial charge in [0.05, 0.1) is 17.2 Å². The molecule has 50 heavy (non-hydrogen) atoms. The number of ether oxygens (including phenoxy) is 2. The van der Waals surface area contributed by atoms with E-state index in [0.717, 1.165) is 10.5 Å². The Morgan fingerprint density at radius 3 is 2.14 bits per heavy atom. The minimum absolute atomic E-state index is 0.0104. The van der Waals surface area contributed by atoms with Crippen LogP contribution in [-0.4, -0.2) is 44.9 Å². The van der Waals surface area contributed by atoms with Gasteiger partial charge in [0.1, 0.15) is 35.1 Å². The zero-order chi connectivity index (χ0) is 34.8. The van der Waals surface area contributed by atoms with E-state index >= 15 is 0 Å². The first-order valence-corrected chi connectivity index (χ1v) is 17.0. The zero-order valence-electron chi connectivity index (χ0n) is 26.5. The highest BCUT2D eigenvalue weighted by Gasteiger charge is 2.58. The summed E-state index contributed by atoms with van der Waals surface area (Å²) in [6, 6.07) is 34.0. The molecule has 250 valence electrons. The number of hydrogen-bond acceptors (Lipinski definition) is 8. The van der Waals surface area contributed by atoms with E-state index in [4.69, 9.17) is 13.9 Å². The Morgan fingerprint density at radius 1 is 0.860 bits per heavy atom. The van der Waals surface area contributed by atoms with Gasteiger partial charge in [0, 0.05) is 28.0 Å². The van der Waals surface area contributed by atoms with E-state index in [1.165, 1.54) is 12.1 Å². The molecule has 5 aromatic rings. The van der Waals surface area contributed by atoms with Crippen LogP contribution in [0.25, 0.3) is 11.0 Å². The van der Waals surface area contributed by atoms with Crippen molar-refractivity contribution in [2.24, 2.45) is 0 Å². The van der Waals surface area contributed by atoms with Gasteiger partial charge in [0.2, 0.25) is 5.91 Å². The van der Waals surface area contributed by atoms with Gasteiger partial charge in [0.15, 0.2) is 6.10 Å². The van der Waals surface area contributed by atoms with Crippen LogP contribution in [0.15, 0.2) is 153 Å². The molecule has 11 heteroatoms. The Kier molecular flexibility index (Phi) is 8.97. The molecule has 1 fully saturated rings. The van der Waals surface area contributed by atoms with E-state index in [9.17, 15) is 23.4 Å². The Balaban J connectivity index is 1.23. The minimum Gasteiger partial charge on any atom is -0.489 e. The average Bonchev–Trinajstić information content (AvgIpc) is 3.14. The molecule has 3 heterocycles. The van der Waals surface area contributed by atoms with Crippen LogP contribution in [0.4, 0.5) is 0 Å². The lowest BCUT2D eigenvalue weighted by Crippen LogP contribution is -2.73. The van der Waals surface area contributed by atoms with E-state index in [1.54, 1.807) is 42.5 Å². The number of benzene rings is 4. The monoisotopic (exact) mass is 686 g/mol. The van der Waals surface area contributed by atoms with E-state index < -0.39 is 51.7 Å². The van der Waals surface area contributed by atoms with Crippen LogP contribution in [0.1, 0.15) is 22.8 Å². The fourth-order valence-electron chi connectivity index (χ4n) is 6.01. The minimum atomic E-state index is -1.93. The van der Waals surface area contributed by atoms with Crippen molar-refractivity contribution in [1.82, 2.24) is 10.2 Å². The Hall–Kier alpha value is -6.07. The smallest absolute Gasteiger partial charge is 0.356 e. The molecular formula is C39H30N2O8S. The van der Waals surface area contributed by atoms with Gasteiger partial charge in [-0.05, 0) is 34.9 Å². The van der Waals surface area contributed by atoms with Crippen molar-refractivity contribution < 1.29 is 32.5 Å². The Labute approximate surface area is 289 Å².